The SMILES string of the molecule is NCC1COCCN1c1ccccc1Br. The summed E-state index contributed by atoms with van der Waals surface area (Å²) in [7, 11) is 0. The van der Waals surface area contributed by atoms with Gasteiger partial charge in [0.05, 0.1) is 24.9 Å². The maximum atomic E-state index is 5.74. The van der Waals surface area contributed by atoms with Gasteiger partial charge in [-0.2, -0.15) is 0 Å². The van der Waals surface area contributed by atoms with E-state index in [0.29, 0.717) is 6.54 Å². The smallest absolute Gasteiger partial charge is 0.0683 e. The molecular weight excluding hydrogens is 256 g/mol. The summed E-state index contributed by atoms with van der Waals surface area (Å²) >= 11 is 3.57. The molecule has 1 atom stereocenters. The van der Waals surface area contributed by atoms with Crippen molar-refractivity contribution in [3.8, 4) is 0 Å². The lowest BCUT2D eigenvalue weighted by molar-refractivity contribution is 0.0962. The van der Waals surface area contributed by atoms with Crippen molar-refractivity contribution in [2.75, 3.05) is 31.2 Å². The molecule has 1 aliphatic heterocycles. The number of morpholine rings is 1. The first-order chi connectivity index (χ1) is 7.33. The number of ether oxygens (including phenoxy) is 1. The predicted molar refractivity (Wildman–Crippen MR) is 65.1 cm³/mol. The predicted octanol–water partition coefficient (Wildman–Crippen LogP) is 1.61. The van der Waals surface area contributed by atoms with E-state index in [1.54, 1.807) is 0 Å². The summed E-state index contributed by atoms with van der Waals surface area (Å²) in [6.07, 6.45) is 0. The lowest BCUT2D eigenvalue weighted by Crippen LogP contribution is -2.49. The molecule has 1 fully saturated rings. The Morgan fingerprint density at radius 3 is 3.00 bits per heavy atom. The fourth-order valence-electron chi connectivity index (χ4n) is 1.85. The van der Waals surface area contributed by atoms with E-state index in [4.69, 9.17) is 10.5 Å². The Hall–Kier alpha value is -0.580. The number of para-hydroxylation sites is 1. The first-order valence-electron chi connectivity index (χ1n) is 5.12. The van der Waals surface area contributed by atoms with Gasteiger partial charge in [-0.25, -0.2) is 0 Å². The van der Waals surface area contributed by atoms with E-state index in [0.717, 1.165) is 24.2 Å². The fourth-order valence-corrected chi connectivity index (χ4v) is 2.36. The summed E-state index contributed by atoms with van der Waals surface area (Å²) in [5, 5.41) is 0. The zero-order valence-electron chi connectivity index (χ0n) is 8.53. The Labute approximate surface area is 98.3 Å². The summed E-state index contributed by atoms with van der Waals surface area (Å²) < 4.78 is 6.54. The van der Waals surface area contributed by atoms with Crippen molar-refractivity contribution in [3.05, 3.63) is 28.7 Å². The molecule has 1 heterocycles. The molecule has 0 aromatic heterocycles. The first-order valence-corrected chi connectivity index (χ1v) is 5.91. The zero-order valence-corrected chi connectivity index (χ0v) is 10.1. The van der Waals surface area contributed by atoms with Crippen LogP contribution in [0.3, 0.4) is 0 Å². The van der Waals surface area contributed by atoms with Crippen LogP contribution in [0.2, 0.25) is 0 Å². The van der Waals surface area contributed by atoms with Crippen LogP contribution >= 0.6 is 15.9 Å². The highest BCUT2D eigenvalue weighted by molar-refractivity contribution is 9.10. The van der Waals surface area contributed by atoms with Gasteiger partial charge in [0.15, 0.2) is 0 Å². The van der Waals surface area contributed by atoms with Crippen LogP contribution < -0.4 is 10.6 Å². The van der Waals surface area contributed by atoms with Crippen molar-refractivity contribution in [2.24, 2.45) is 5.73 Å². The van der Waals surface area contributed by atoms with E-state index >= 15 is 0 Å². The third-order valence-electron chi connectivity index (χ3n) is 2.66. The lowest BCUT2D eigenvalue weighted by Gasteiger charge is -2.37. The normalized spacial score (nSPS) is 21.7. The Morgan fingerprint density at radius 1 is 1.47 bits per heavy atom. The van der Waals surface area contributed by atoms with Gasteiger partial charge < -0.3 is 15.4 Å². The molecule has 82 valence electrons. The molecule has 3 nitrogen and oxygen atoms in total. The van der Waals surface area contributed by atoms with E-state index in [-0.39, 0.29) is 6.04 Å². The number of hydrogen-bond donors (Lipinski definition) is 1. The maximum Gasteiger partial charge on any atom is 0.0683 e. The van der Waals surface area contributed by atoms with E-state index < -0.39 is 0 Å². The lowest BCUT2D eigenvalue weighted by atomic mass is 10.2. The minimum atomic E-state index is 0.289. The molecule has 0 aliphatic carbocycles. The maximum absolute atomic E-state index is 5.74. The average molecular weight is 271 g/mol. The Morgan fingerprint density at radius 2 is 2.27 bits per heavy atom. The highest BCUT2D eigenvalue weighted by Crippen LogP contribution is 2.28. The molecule has 1 aromatic carbocycles. The van der Waals surface area contributed by atoms with Crippen LogP contribution in [0.25, 0.3) is 0 Å². The fraction of sp³-hybridized carbons (Fsp3) is 0.455. The molecule has 15 heavy (non-hydrogen) atoms. The van der Waals surface area contributed by atoms with Gasteiger partial charge in [-0.3, -0.25) is 0 Å². The van der Waals surface area contributed by atoms with Gasteiger partial charge in [-0.05, 0) is 28.1 Å². The van der Waals surface area contributed by atoms with E-state index in [2.05, 4.69) is 33.0 Å². The first kappa shape index (κ1) is 10.9. The standard InChI is InChI=1S/C11H15BrN2O/c12-10-3-1-2-4-11(10)14-5-6-15-8-9(14)7-13/h1-4,9H,5-8,13H2. The number of nitrogens with zero attached hydrogens (tertiary/aromatic N) is 1. The van der Waals surface area contributed by atoms with Crippen LogP contribution in [0.1, 0.15) is 0 Å². The minimum absolute atomic E-state index is 0.289. The molecule has 0 amide bonds. The molecule has 4 heteroatoms. The van der Waals surface area contributed by atoms with Crippen LogP contribution in [-0.4, -0.2) is 32.3 Å². The van der Waals surface area contributed by atoms with Gasteiger partial charge >= 0.3 is 0 Å². The molecule has 0 bridgehead atoms. The number of hydrogen-bond acceptors (Lipinski definition) is 3. The van der Waals surface area contributed by atoms with Crippen molar-refractivity contribution in [2.45, 2.75) is 6.04 Å². The molecule has 2 N–H and O–H groups in total. The Balaban J connectivity index is 2.24. The van der Waals surface area contributed by atoms with Gasteiger partial charge in [0.25, 0.3) is 0 Å². The second-order valence-corrected chi connectivity index (χ2v) is 4.46. The van der Waals surface area contributed by atoms with Crippen molar-refractivity contribution < 1.29 is 4.74 Å². The van der Waals surface area contributed by atoms with Crippen LogP contribution in [0.4, 0.5) is 5.69 Å². The molecular formula is C11H15BrN2O. The molecule has 1 aromatic rings. The van der Waals surface area contributed by atoms with Crippen molar-refractivity contribution in [3.63, 3.8) is 0 Å². The van der Waals surface area contributed by atoms with Crippen molar-refractivity contribution >= 4 is 21.6 Å². The van der Waals surface area contributed by atoms with Gasteiger partial charge in [0.2, 0.25) is 0 Å². The summed E-state index contributed by atoms with van der Waals surface area (Å²) in [6.45, 7) is 3.03. The molecule has 0 spiro atoms. The van der Waals surface area contributed by atoms with Crippen LogP contribution in [0.15, 0.2) is 28.7 Å². The summed E-state index contributed by atoms with van der Waals surface area (Å²) in [5.74, 6) is 0. The molecule has 0 saturated carbocycles. The number of benzene rings is 1. The van der Waals surface area contributed by atoms with E-state index in [1.807, 2.05) is 12.1 Å². The summed E-state index contributed by atoms with van der Waals surface area (Å²) in [6, 6.07) is 8.52. The highest BCUT2D eigenvalue weighted by atomic mass is 79.9. The van der Waals surface area contributed by atoms with E-state index in [1.165, 1.54) is 5.69 Å². The number of rotatable bonds is 2. The minimum Gasteiger partial charge on any atom is -0.377 e. The zero-order chi connectivity index (χ0) is 10.7. The monoisotopic (exact) mass is 270 g/mol. The van der Waals surface area contributed by atoms with Crippen molar-refractivity contribution in [1.82, 2.24) is 0 Å². The number of nitrogens with two attached hydrogens (primary N) is 1. The molecule has 0 radical (unpaired) electrons. The summed E-state index contributed by atoms with van der Waals surface area (Å²) in [4.78, 5) is 2.31. The molecule has 2 rings (SSSR count). The van der Waals surface area contributed by atoms with Crippen LogP contribution in [-0.2, 0) is 4.74 Å². The average Bonchev–Trinajstić information content (AvgIpc) is 2.30. The molecule has 1 unspecified atom stereocenters. The molecule has 1 saturated heterocycles. The molecule has 1 aliphatic rings. The van der Waals surface area contributed by atoms with Crippen LogP contribution in [0.5, 0.6) is 0 Å². The third-order valence-corrected chi connectivity index (χ3v) is 3.33. The van der Waals surface area contributed by atoms with Gasteiger partial charge in [-0.1, -0.05) is 12.1 Å². The van der Waals surface area contributed by atoms with Gasteiger partial charge in [0.1, 0.15) is 0 Å². The number of anilines is 1. The second kappa shape index (κ2) is 4.96. The van der Waals surface area contributed by atoms with Crippen molar-refractivity contribution in [1.29, 1.82) is 0 Å². The summed E-state index contributed by atoms with van der Waals surface area (Å²) in [5.41, 5.74) is 6.95. The topological polar surface area (TPSA) is 38.5 Å². The Kier molecular flexibility index (Phi) is 3.61. The highest BCUT2D eigenvalue weighted by Gasteiger charge is 2.22. The third kappa shape index (κ3) is 2.33. The second-order valence-electron chi connectivity index (χ2n) is 3.61. The Bertz CT molecular complexity index is 332. The van der Waals surface area contributed by atoms with Crippen LogP contribution in [0, 0.1) is 0 Å². The quantitative estimate of drug-likeness (QED) is 0.888. The largest absolute Gasteiger partial charge is 0.377 e. The van der Waals surface area contributed by atoms with Gasteiger partial charge in [0, 0.05) is 17.6 Å². The number of halogens is 1. The van der Waals surface area contributed by atoms with Gasteiger partial charge in [-0.15, -0.1) is 0 Å². The van der Waals surface area contributed by atoms with E-state index in [9.17, 15) is 0 Å².